The van der Waals surface area contributed by atoms with E-state index in [2.05, 4.69) is 5.32 Å². The van der Waals surface area contributed by atoms with Gasteiger partial charge in [0.2, 0.25) is 0 Å². The van der Waals surface area contributed by atoms with Gasteiger partial charge >= 0.3 is 5.97 Å². The number of hydrogen-bond donors (Lipinski definition) is 2. The van der Waals surface area contributed by atoms with Crippen LogP contribution in [0.1, 0.15) is 32.1 Å². The van der Waals surface area contributed by atoms with E-state index in [1.54, 1.807) is 0 Å². The van der Waals surface area contributed by atoms with Crippen molar-refractivity contribution in [3.8, 4) is 0 Å². The van der Waals surface area contributed by atoms with Crippen LogP contribution in [0.3, 0.4) is 0 Å². The Hall–Kier alpha value is 0.01000. The summed E-state index contributed by atoms with van der Waals surface area (Å²) in [5, 5.41) is 12.0. The Labute approximate surface area is 103 Å². The molecule has 1 saturated heterocycles. The van der Waals surface area contributed by atoms with Crippen LogP contribution in [-0.2, 0) is 4.79 Å². The molecule has 1 saturated carbocycles. The maximum Gasteiger partial charge on any atom is 0.320 e. The smallest absolute Gasteiger partial charge is 0.320 e. The average molecular weight is 256 g/mol. The number of aliphatic carboxylic acids is 1. The maximum atomic E-state index is 10.8. The predicted molar refractivity (Wildman–Crippen MR) is 64.0 cm³/mol. The van der Waals surface area contributed by atoms with E-state index in [1.807, 2.05) is 0 Å². The first kappa shape index (κ1) is 15.0. The molecule has 0 amide bonds. The SMILES string of the molecule is Cl.Cl.O=C(O)C1CC2CCCCC2CN1. The Morgan fingerprint density at radius 1 is 1.13 bits per heavy atom. The van der Waals surface area contributed by atoms with E-state index in [4.69, 9.17) is 5.11 Å². The Balaban J connectivity index is 0.000000980. The summed E-state index contributed by atoms with van der Waals surface area (Å²) in [6.45, 7) is 0.918. The lowest BCUT2D eigenvalue weighted by Gasteiger charge is -2.38. The summed E-state index contributed by atoms with van der Waals surface area (Å²) in [7, 11) is 0. The van der Waals surface area contributed by atoms with Gasteiger partial charge in [-0.3, -0.25) is 4.79 Å². The molecule has 3 unspecified atom stereocenters. The third-order valence-electron chi connectivity index (χ3n) is 3.53. The molecule has 0 aromatic carbocycles. The van der Waals surface area contributed by atoms with Crippen LogP contribution in [0.5, 0.6) is 0 Å². The van der Waals surface area contributed by atoms with Crippen molar-refractivity contribution in [3.05, 3.63) is 0 Å². The van der Waals surface area contributed by atoms with Crippen LogP contribution in [0.2, 0.25) is 0 Å². The molecule has 5 heteroatoms. The topological polar surface area (TPSA) is 49.3 Å². The lowest BCUT2D eigenvalue weighted by molar-refractivity contribution is -0.141. The van der Waals surface area contributed by atoms with Crippen molar-refractivity contribution in [1.82, 2.24) is 5.32 Å². The van der Waals surface area contributed by atoms with Gasteiger partial charge in [-0.15, -0.1) is 24.8 Å². The molecule has 1 heterocycles. The van der Waals surface area contributed by atoms with Crippen LogP contribution in [-0.4, -0.2) is 23.7 Å². The van der Waals surface area contributed by atoms with Gasteiger partial charge < -0.3 is 10.4 Å². The van der Waals surface area contributed by atoms with Gasteiger partial charge in [-0.1, -0.05) is 19.3 Å². The fourth-order valence-electron chi connectivity index (χ4n) is 2.73. The summed E-state index contributed by atoms with van der Waals surface area (Å²) in [5.74, 6) is 0.754. The molecule has 2 rings (SSSR count). The number of carboxylic acids is 1. The van der Waals surface area contributed by atoms with Crippen LogP contribution in [0, 0.1) is 11.8 Å². The highest BCUT2D eigenvalue weighted by Gasteiger charge is 2.34. The Kier molecular flexibility index (Phi) is 6.57. The molecule has 2 N–H and O–H groups in total. The highest BCUT2D eigenvalue weighted by molar-refractivity contribution is 5.85. The Morgan fingerprint density at radius 2 is 1.73 bits per heavy atom. The maximum absolute atomic E-state index is 10.8. The standard InChI is InChI=1S/C10H17NO2.2ClH/c12-10(13)9-5-7-3-1-2-4-8(7)6-11-9;;/h7-9,11H,1-6H2,(H,12,13);2*1H. The van der Waals surface area contributed by atoms with E-state index in [9.17, 15) is 4.79 Å². The first-order chi connectivity index (χ1) is 6.27. The summed E-state index contributed by atoms with van der Waals surface area (Å²) >= 11 is 0. The van der Waals surface area contributed by atoms with E-state index in [1.165, 1.54) is 25.7 Å². The second-order valence-corrected chi connectivity index (χ2v) is 4.34. The van der Waals surface area contributed by atoms with Crippen molar-refractivity contribution in [2.24, 2.45) is 11.8 Å². The van der Waals surface area contributed by atoms with E-state index in [0.29, 0.717) is 5.92 Å². The zero-order valence-electron chi connectivity index (χ0n) is 8.65. The second-order valence-electron chi connectivity index (χ2n) is 4.34. The minimum absolute atomic E-state index is 0. The number of hydrogen-bond acceptors (Lipinski definition) is 2. The summed E-state index contributed by atoms with van der Waals surface area (Å²) in [6, 6.07) is -0.278. The van der Waals surface area contributed by atoms with Gasteiger partial charge in [-0.05, 0) is 31.2 Å². The molecule has 0 radical (unpaired) electrons. The van der Waals surface area contributed by atoms with Gasteiger partial charge in [-0.25, -0.2) is 0 Å². The fourth-order valence-corrected chi connectivity index (χ4v) is 2.73. The summed E-state index contributed by atoms with van der Waals surface area (Å²) in [5.41, 5.74) is 0. The van der Waals surface area contributed by atoms with Crippen molar-refractivity contribution < 1.29 is 9.90 Å². The molecular formula is C10H19Cl2NO2. The van der Waals surface area contributed by atoms with Gasteiger partial charge in [0.05, 0.1) is 0 Å². The second kappa shape index (κ2) is 6.56. The minimum Gasteiger partial charge on any atom is -0.480 e. The van der Waals surface area contributed by atoms with Crippen molar-refractivity contribution in [3.63, 3.8) is 0 Å². The third-order valence-corrected chi connectivity index (χ3v) is 3.53. The largest absolute Gasteiger partial charge is 0.480 e. The van der Waals surface area contributed by atoms with Gasteiger partial charge in [-0.2, -0.15) is 0 Å². The normalized spacial score (nSPS) is 34.3. The molecule has 2 aliphatic rings. The number of nitrogens with one attached hydrogen (secondary N) is 1. The Bertz CT molecular complexity index is 214. The Morgan fingerprint density at radius 3 is 2.33 bits per heavy atom. The molecule has 0 aromatic rings. The molecule has 1 aliphatic carbocycles. The number of fused-ring (bicyclic) bond motifs is 1. The molecule has 0 spiro atoms. The zero-order valence-corrected chi connectivity index (χ0v) is 10.3. The molecule has 3 atom stereocenters. The monoisotopic (exact) mass is 255 g/mol. The molecule has 2 fully saturated rings. The molecule has 15 heavy (non-hydrogen) atoms. The number of piperidine rings is 1. The van der Waals surface area contributed by atoms with Gasteiger partial charge in [0.1, 0.15) is 6.04 Å². The van der Waals surface area contributed by atoms with Crippen LogP contribution in [0.25, 0.3) is 0 Å². The summed E-state index contributed by atoms with van der Waals surface area (Å²) in [6.07, 6.45) is 6.02. The zero-order chi connectivity index (χ0) is 9.26. The van der Waals surface area contributed by atoms with Crippen molar-refractivity contribution in [2.45, 2.75) is 38.1 Å². The van der Waals surface area contributed by atoms with Gasteiger partial charge in [0.15, 0.2) is 0 Å². The quantitative estimate of drug-likeness (QED) is 0.755. The minimum atomic E-state index is -0.677. The van der Waals surface area contributed by atoms with E-state index in [0.717, 1.165) is 18.9 Å². The molecular weight excluding hydrogens is 237 g/mol. The van der Waals surface area contributed by atoms with Crippen molar-refractivity contribution >= 4 is 30.8 Å². The molecule has 0 aromatic heterocycles. The molecule has 0 bridgehead atoms. The van der Waals surface area contributed by atoms with E-state index >= 15 is 0 Å². The fraction of sp³-hybridized carbons (Fsp3) is 0.900. The van der Waals surface area contributed by atoms with Crippen molar-refractivity contribution in [1.29, 1.82) is 0 Å². The van der Waals surface area contributed by atoms with Gasteiger partial charge in [0, 0.05) is 0 Å². The number of carboxylic acid groups (broad SMARTS) is 1. The van der Waals surface area contributed by atoms with Gasteiger partial charge in [0.25, 0.3) is 0 Å². The summed E-state index contributed by atoms with van der Waals surface area (Å²) < 4.78 is 0. The highest BCUT2D eigenvalue weighted by atomic mass is 35.5. The van der Waals surface area contributed by atoms with E-state index in [-0.39, 0.29) is 30.9 Å². The molecule has 90 valence electrons. The highest BCUT2D eigenvalue weighted by Crippen LogP contribution is 2.35. The van der Waals surface area contributed by atoms with Crippen LogP contribution in [0.4, 0.5) is 0 Å². The number of halogens is 2. The lowest BCUT2D eigenvalue weighted by Crippen LogP contribution is -2.48. The first-order valence-corrected chi connectivity index (χ1v) is 5.23. The molecule has 3 nitrogen and oxygen atoms in total. The first-order valence-electron chi connectivity index (χ1n) is 5.23. The number of rotatable bonds is 1. The van der Waals surface area contributed by atoms with Crippen molar-refractivity contribution in [2.75, 3.05) is 6.54 Å². The third kappa shape index (κ3) is 3.51. The summed E-state index contributed by atoms with van der Waals surface area (Å²) in [4.78, 5) is 10.8. The predicted octanol–water partition coefficient (Wildman–Crippen LogP) is 2.08. The van der Waals surface area contributed by atoms with E-state index < -0.39 is 5.97 Å². The lowest BCUT2D eigenvalue weighted by atomic mass is 9.74. The molecule has 1 aliphatic heterocycles. The average Bonchev–Trinajstić information content (AvgIpc) is 2.17. The van der Waals surface area contributed by atoms with Crippen LogP contribution < -0.4 is 5.32 Å². The van der Waals surface area contributed by atoms with Crippen LogP contribution in [0.15, 0.2) is 0 Å². The number of carbonyl (C=O) groups is 1. The van der Waals surface area contributed by atoms with Crippen LogP contribution >= 0.6 is 24.8 Å².